The fourth-order valence-corrected chi connectivity index (χ4v) is 3.55. The molecular formula is C17H22ClN3. The van der Waals surface area contributed by atoms with Crippen LogP contribution in [0.3, 0.4) is 0 Å². The molecule has 2 aromatic rings. The van der Waals surface area contributed by atoms with Crippen LogP contribution in [0.1, 0.15) is 25.5 Å². The molecule has 0 spiro atoms. The van der Waals surface area contributed by atoms with Gasteiger partial charge in [0.05, 0.1) is 5.52 Å². The summed E-state index contributed by atoms with van der Waals surface area (Å²) in [7, 11) is 0. The molecule has 1 saturated heterocycles. The number of likely N-dealkylation sites (tertiary alicyclic amines) is 1. The second-order valence-corrected chi connectivity index (χ2v) is 6.60. The van der Waals surface area contributed by atoms with Gasteiger partial charge in [0.2, 0.25) is 0 Å². The summed E-state index contributed by atoms with van der Waals surface area (Å²) in [6.07, 6.45) is 1.82. The summed E-state index contributed by atoms with van der Waals surface area (Å²) in [6.45, 7) is 7.43. The maximum atomic E-state index is 6.30. The topological polar surface area (TPSA) is 42.1 Å². The molecule has 2 heterocycles. The molecule has 0 aliphatic carbocycles. The van der Waals surface area contributed by atoms with E-state index in [0.717, 1.165) is 29.0 Å². The summed E-state index contributed by atoms with van der Waals surface area (Å²) in [5.41, 5.74) is 8.27. The van der Waals surface area contributed by atoms with Gasteiger partial charge in [-0.15, -0.1) is 0 Å². The Kier molecular flexibility index (Phi) is 4.16. The molecular weight excluding hydrogens is 282 g/mol. The third kappa shape index (κ3) is 2.66. The Morgan fingerprint density at radius 1 is 1.29 bits per heavy atom. The van der Waals surface area contributed by atoms with Gasteiger partial charge in [0.15, 0.2) is 0 Å². The monoisotopic (exact) mass is 303 g/mol. The van der Waals surface area contributed by atoms with Crippen molar-refractivity contribution in [3.05, 3.63) is 41.0 Å². The molecule has 1 aliphatic heterocycles. The number of hydrogen-bond donors (Lipinski definition) is 1. The van der Waals surface area contributed by atoms with Gasteiger partial charge < -0.3 is 5.73 Å². The zero-order valence-corrected chi connectivity index (χ0v) is 13.3. The van der Waals surface area contributed by atoms with Crippen molar-refractivity contribution in [2.24, 2.45) is 17.6 Å². The number of benzene rings is 1. The minimum Gasteiger partial charge on any atom is -0.329 e. The molecule has 1 aromatic heterocycles. The maximum Gasteiger partial charge on any atom is 0.0765 e. The molecule has 3 atom stereocenters. The first-order valence-corrected chi connectivity index (χ1v) is 7.97. The van der Waals surface area contributed by atoms with Crippen molar-refractivity contribution in [1.82, 2.24) is 9.88 Å². The second-order valence-electron chi connectivity index (χ2n) is 6.20. The van der Waals surface area contributed by atoms with E-state index in [1.807, 2.05) is 24.4 Å². The highest BCUT2D eigenvalue weighted by Crippen LogP contribution is 2.34. The highest BCUT2D eigenvalue weighted by atomic mass is 35.5. The van der Waals surface area contributed by atoms with E-state index >= 15 is 0 Å². The molecule has 0 bridgehead atoms. The van der Waals surface area contributed by atoms with Crippen LogP contribution in [0.4, 0.5) is 0 Å². The lowest BCUT2D eigenvalue weighted by Gasteiger charge is -2.28. The third-order valence-electron chi connectivity index (χ3n) is 4.79. The van der Waals surface area contributed by atoms with Crippen LogP contribution in [0.5, 0.6) is 0 Å². The van der Waals surface area contributed by atoms with E-state index in [1.54, 1.807) is 0 Å². The lowest BCUT2D eigenvalue weighted by atomic mass is 10.0. The molecule has 3 unspecified atom stereocenters. The summed E-state index contributed by atoms with van der Waals surface area (Å²) < 4.78 is 0. The molecule has 0 amide bonds. The van der Waals surface area contributed by atoms with Crippen LogP contribution >= 0.6 is 11.6 Å². The Labute approximate surface area is 131 Å². The van der Waals surface area contributed by atoms with Crippen molar-refractivity contribution in [2.75, 3.05) is 19.6 Å². The van der Waals surface area contributed by atoms with Crippen molar-refractivity contribution in [2.45, 2.75) is 19.9 Å². The summed E-state index contributed by atoms with van der Waals surface area (Å²) in [6, 6.07) is 8.22. The quantitative estimate of drug-likeness (QED) is 0.944. The van der Waals surface area contributed by atoms with E-state index in [-0.39, 0.29) is 6.04 Å². The summed E-state index contributed by atoms with van der Waals surface area (Å²) >= 11 is 6.30. The molecule has 2 N–H and O–H groups in total. The van der Waals surface area contributed by atoms with Crippen molar-refractivity contribution in [3.8, 4) is 0 Å². The molecule has 4 heteroatoms. The number of halogens is 1. The van der Waals surface area contributed by atoms with Gasteiger partial charge in [0, 0.05) is 42.3 Å². The average molecular weight is 304 g/mol. The zero-order chi connectivity index (χ0) is 15.0. The van der Waals surface area contributed by atoms with Crippen LogP contribution in [0.15, 0.2) is 30.5 Å². The van der Waals surface area contributed by atoms with Crippen molar-refractivity contribution < 1.29 is 0 Å². The van der Waals surface area contributed by atoms with Crippen LogP contribution in [0.2, 0.25) is 5.02 Å². The number of nitrogens with two attached hydrogens (primary N) is 1. The average Bonchev–Trinajstić information content (AvgIpc) is 2.82. The van der Waals surface area contributed by atoms with Crippen LogP contribution < -0.4 is 5.73 Å². The SMILES string of the molecule is CC1CN(C(CN)c2ccc(Cl)c3cccnc23)CC1C. The van der Waals surface area contributed by atoms with Crippen molar-refractivity contribution >= 4 is 22.5 Å². The van der Waals surface area contributed by atoms with Gasteiger partial charge in [-0.25, -0.2) is 0 Å². The second kappa shape index (κ2) is 5.91. The van der Waals surface area contributed by atoms with Gasteiger partial charge in [-0.05, 0) is 35.6 Å². The number of hydrogen-bond acceptors (Lipinski definition) is 3. The zero-order valence-electron chi connectivity index (χ0n) is 12.6. The van der Waals surface area contributed by atoms with E-state index in [2.05, 4.69) is 29.8 Å². The normalized spacial score (nSPS) is 24.6. The summed E-state index contributed by atoms with van der Waals surface area (Å²) in [5.74, 6) is 1.43. The number of fused-ring (bicyclic) bond motifs is 1. The lowest BCUT2D eigenvalue weighted by molar-refractivity contribution is 0.241. The largest absolute Gasteiger partial charge is 0.329 e. The Bertz CT molecular complexity index is 633. The minimum absolute atomic E-state index is 0.215. The Morgan fingerprint density at radius 3 is 2.67 bits per heavy atom. The lowest BCUT2D eigenvalue weighted by Crippen LogP contribution is -2.32. The van der Waals surface area contributed by atoms with Crippen LogP contribution in [-0.4, -0.2) is 29.5 Å². The maximum absolute atomic E-state index is 6.30. The molecule has 0 radical (unpaired) electrons. The Morgan fingerprint density at radius 2 is 2.00 bits per heavy atom. The fraction of sp³-hybridized carbons (Fsp3) is 0.471. The van der Waals surface area contributed by atoms with Gasteiger partial charge in [-0.3, -0.25) is 9.88 Å². The standard InChI is InChI=1S/C17H22ClN3/c1-11-9-21(10-12(11)2)16(8-19)14-5-6-15(18)13-4-3-7-20-17(13)14/h3-7,11-12,16H,8-10,19H2,1-2H3. The number of rotatable bonds is 3. The first-order valence-electron chi connectivity index (χ1n) is 7.59. The molecule has 1 fully saturated rings. The number of nitrogens with zero attached hydrogens (tertiary/aromatic N) is 2. The van der Waals surface area contributed by atoms with E-state index in [0.29, 0.717) is 18.4 Å². The molecule has 21 heavy (non-hydrogen) atoms. The Hall–Kier alpha value is -1.16. The van der Waals surface area contributed by atoms with Crippen LogP contribution in [0.25, 0.3) is 10.9 Å². The highest BCUT2D eigenvalue weighted by molar-refractivity contribution is 6.35. The predicted octanol–water partition coefficient (Wildman–Crippen LogP) is 3.48. The molecule has 0 saturated carbocycles. The van der Waals surface area contributed by atoms with E-state index < -0.39 is 0 Å². The summed E-state index contributed by atoms with van der Waals surface area (Å²) in [4.78, 5) is 7.05. The van der Waals surface area contributed by atoms with Crippen molar-refractivity contribution in [3.63, 3.8) is 0 Å². The van der Waals surface area contributed by atoms with E-state index in [9.17, 15) is 0 Å². The smallest absolute Gasteiger partial charge is 0.0765 e. The minimum atomic E-state index is 0.215. The summed E-state index contributed by atoms with van der Waals surface area (Å²) in [5, 5.41) is 1.76. The molecule has 3 rings (SSSR count). The van der Waals surface area contributed by atoms with E-state index in [4.69, 9.17) is 17.3 Å². The van der Waals surface area contributed by atoms with Crippen LogP contribution in [-0.2, 0) is 0 Å². The van der Waals surface area contributed by atoms with Gasteiger partial charge in [-0.1, -0.05) is 31.5 Å². The van der Waals surface area contributed by atoms with E-state index in [1.165, 1.54) is 5.56 Å². The molecule has 1 aromatic carbocycles. The first kappa shape index (κ1) is 14.8. The van der Waals surface area contributed by atoms with Crippen molar-refractivity contribution in [1.29, 1.82) is 0 Å². The first-order chi connectivity index (χ1) is 10.1. The van der Waals surface area contributed by atoms with Gasteiger partial charge >= 0.3 is 0 Å². The van der Waals surface area contributed by atoms with Gasteiger partial charge in [0.1, 0.15) is 0 Å². The molecule has 1 aliphatic rings. The third-order valence-corrected chi connectivity index (χ3v) is 5.12. The molecule has 3 nitrogen and oxygen atoms in total. The molecule has 112 valence electrons. The highest BCUT2D eigenvalue weighted by Gasteiger charge is 2.32. The predicted molar refractivity (Wildman–Crippen MR) is 88.4 cm³/mol. The number of aromatic nitrogens is 1. The van der Waals surface area contributed by atoms with Gasteiger partial charge in [-0.2, -0.15) is 0 Å². The van der Waals surface area contributed by atoms with Crippen LogP contribution in [0, 0.1) is 11.8 Å². The van der Waals surface area contributed by atoms with Gasteiger partial charge in [0.25, 0.3) is 0 Å². The Balaban J connectivity index is 2.04. The fourth-order valence-electron chi connectivity index (χ4n) is 3.33. The number of pyridine rings is 1.